The second-order valence-electron chi connectivity index (χ2n) is 5.08. The largest absolute Gasteiger partial charge is 0.380 e. The summed E-state index contributed by atoms with van der Waals surface area (Å²) in [6, 6.07) is 8.23. The van der Waals surface area contributed by atoms with E-state index in [1.807, 2.05) is 12.1 Å². The van der Waals surface area contributed by atoms with Gasteiger partial charge in [0.1, 0.15) is 0 Å². The van der Waals surface area contributed by atoms with E-state index in [2.05, 4.69) is 31.3 Å². The molecule has 1 N–H and O–H groups in total. The SMILES string of the molecule is CCC1(C)CCSC(Nc2ccccc2COC)=N1. The first-order valence-electron chi connectivity index (χ1n) is 6.73. The van der Waals surface area contributed by atoms with Crippen LogP contribution < -0.4 is 5.32 Å². The highest BCUT2D eigenvalue weighted by atomic mass is 32.2. The third kappa shape index (κ3) is 3.74. The average molecular weight is 278 g/mol. The first-order valence-corrected chi connectivity index (χ1v) is 7.72. The van der Waals surface area contributed by atoms with E-state index >= 15 is 0 Å². The van der Waals surface area contributed by atoms with Gasteiger partial charge < -0.3 is 10.1 Å². The number of methoxy groups -OCH3 is 1. The summed E-state index contributed by atoms with van der Waals surface area (Å²) in [6.45, 7) is 5.05. The monoisotopic (exact) mass is 278 g/mol. The highest BCUT2D eigenvalue weighted by Gasteiger charge is 2.26. The number of nitrogens with one attached hydrogen (secondary N) is 1. The molecular weight excluding hydrogens is 256 g/mol. The fourth-order valence-corrected chi connectivity index (χ4v) is 3.26. The molecule has 19 heavy (non-hydrogen) atoms. The average Bonchev–Trinajstić information content (AvgIpc) is 2.41. The molecule has 1 aromatic carbocycles. The Hall–Kier alpha value is -1.00. The number of para-hydroxylation sites is 1. The number of hydrogen-bond donors (Lipinski definition) is 1. The van der Waals surface area contributed by atoms with E-state index in [9.17, 15) is 0 Å². The summed E-state index contributed by atoms with van der Waals surface area (Å²) in [6.07, 6.45) is 2.23. The number of ether oxygens (including phenoxy) is 1. The predicted octanol–water partition coefficient (Wildman–Crippen LogP) is 3.91. The molecule has 2 rings (SSSR count). The van der Waals surface area contributed by atoms with Crippen molar-refractivity contribution < 1.29 is 4.74 Å². The van der Waals surface area contributed by atoms with Gasteiger partial charge in [0.2, 0.25) is 0 Å². The van der Waals surface area contributed by atoms with Crippen molar-refractivity contribution in [2.24, 2.45) is 4.99 Å². The molecule has 1 unspecified atom stereocenters. The maximum atomic E-state index is 5.23. The first kappa shape index (κ1) is 14.4. The molecule has 1 aliphatic heterocycles. The fourth-order valence-electron chi connectivity index (χ4n) is 2.06. The van der Waals surface area contributed by atoms with Gasteiger partial charge in [-0.15, -0.1) is 0 Å². The van der Waals surface area contributed by atoms with Crippen molar-refractivity contribution in [3.63, 3.8) is 0 Å². The van der Waals surface area contributed by atoms with Gasteiger partial charge in [0.05, 0.1) is 12.1 Å². The molecule has 1 aliphatic rings. The molecule has 4 heteroatoms. The van der Waals surface area contributed by atoms with Crippen molar-refractivity contribution in [1.82, 2.24) is 0 Å². The van der Waals surface area contributed by atoms with Crippen LogP contribution in [0.3, 0.4) is 0 Å². The van der Waals surface area contributed by atoms with Crippen LogP contribution in [0.5, 0.6) is 0 Å². The lowest BCUT2D eigenvalue weighted by Gasteiger charge is -2.29. The summed E-state index contributed by atoms with van der Waals surface area (Å²) >= 11 is 1.80. The molecule has 0 saturated carbocycles. The van der Waals surface area contributed by atoms with Gasteiger partial charge in [-0.3, -0.25) is 4.99 Å². The van der Waals surface area contributed by atoms with Crippen LogP contribution in [0.15, 0.2) is 29.3 Å². The van der Waals surface area contributed by atoms with Crippen molar-refractivity contribution >= 4 is 22.6 Å². The minimum absolute atomic E-state index is 0.0871. The Balaban J connectivity index is 2.17. The number of rotatable bonds is 4. The maximum absolute atomic E-state index is 5.23. The first-order chi connectivity index (χ1) is 9.17. The Bertz CT molecular complexity index is 461. The molecule has 0 aliphatic carbocycles. The van der Waals surface area contributed by atoms with Crippen molar-refractivity contribution in [1.29, 1.82) is 0 Å². The van der Waals surface area contributed by atoms with Gasteiger partial charge >= 0.3 is 0 Å². The number of nitrogens with zero attached hydrogens (tertiary/aromatic N) is 1. The Labute approximate surface area is 119 Å². The summed E-state index contributed by atoms with van der Waals surface area (Å²) in [4.78, 5) is 4.86. The highest BCUT2D eigenvalue weighted by molar-refractivity contribution is 8.14. The molecule has 0 saturated heterocycles. The van der Waals surface area contributed by atoms with Gasteiger partial charge in [-0.05, 0) is 25.8 Å². The minimum Gasteiger partial charge on any atom is -0.380 e. The lowest BCUT2D eigenvalue weighted by Crippen LogP contribution is -2.29. The second kappa shape index (κ2) is 6.44. The molecular formula is C15H22N2OS. The zero-order chi connectivity index (χ0) is 13.7. The highest BCUT2D eigenvalue weighted by Crippen LogP contribution is 2.30. The van der Waals surface area contributed by atoms with Crippen LogP contribution in [0, 0.1) is 0 Å². The van der Waals surface area contributed by atoms with Gasteiger partial charge in [-0.1, -0.05) is 36.9 Å². The minimum atomic E-state index is 0.0871. The standard InChI is InChI=1S/C15H22N2OS/c1-4-15(2)9-10-19-14(17-15)16-13-8-6-5-7-12(13)11-18-3/h5-8H,4,9-11H2,1-3H3,(H,16,17). The number of amidine groups is 1. The molecule has 1 heterocycles. The number of hydrogen-bond acceptors (Lipinski definition) is 4. The van der Waals surface area contributed by atoms with Crippen LogP contribution in [0.2, 0.25) is 0 Å². The topological polar surface area (TPSA) is 33.6 Å². The molecule has 0 amide bonds. The van der Waals surface area contributed by atoms with Crippen molar-refractivity contribution in [3.8, 4) is 0 Å². The molecule has 0 radical (unpaired) electrons. The van der Waals surface area contributed by atoms with Crippen LogP contribution in [0.4, 0.5) is 5.69 Å². The van der Waals surface area contributed by atoms with Crippen LogP contribution in [-0.2, 0) is 11.3 Å². The Kier molecular flexibility index (Phi) is 4.88. The van der Waals surface area contributed by atoms with Gasteiger partial charge in [0, 0.05) is 24.1 Å². The van der Waals surface area contributed by atoms with E-state index < -0.39 is 0 Å². The van der Waals surface area contributed by atoms with Gasteiger partial charge in [-0.25, -0.2) is 0 Å². The molecule has 0 spiro atoms. The summed E-state index contributed by atoms with van der Waals surface area (Å²) in [5.74, 6) is 1.13. The summed E-state index contributed by atoms with van der Waals surface area (Å²) in [5.41, 5.74) is 2.34. The van der Waals surface area contributed by atoms with E-state index in [4.69, 9.17) is 9.73 Å². The van der Waals surface area contributed by atoms with Crippen LogP contribution >= 0.6 is 11.8 Å². The quantitative estimate of drug-likeness (QED) is 0.906. The summed E-state index contributed by atoms with van der Waals surface area (Å²) in [7, 11) is 1.72. The number of anilines is 1. The van der Waals surface area contributed by atoms with Gasteiger partial charge in [0.15, 0.2) is 5.17 Å². The van der Waals surface area contributed by atoms with E-state index in [-0.39, 0.29) is 5.54 Å². The van der Waals surface area contributed by atoms with E-state index in [0.717, 1.165) is 35.0 Å². The molecule has 3 nitrogen and oxygen atoms in total. The van der Waals surface area contributed by atoms with E-state index in [1.54, 1.807) is 18.9 Å². The maximum Gasteiger partial charge on any atom is 0.161 e. The second-order valence-corrected chi connectivity index (χ2v) is 6.16. The van der Waals surface area contributed by atoms with Crippen molar-refractivity contribution in [3.05, 3.63) is 29.8 Å². The lowest BCUT2D eigenvalue weighted by atomic mass is 9.97. The number of benzene rings is 1. The molecule has 0 bridgehead atoms. The van der Waals surface area contributed by atoms with Crippen LogP contribution in [-0.4, -0.2) is 23.6 Å². The Morgan fingerprint density at radius 1 is 1.42 bits per heavy atom. The zero-order valence-electron chi connectivity index (χ0n) is 11.9. The lowest BCUT2D eigenvalue weighted by molar-refractivity contribution is 0.185. The van der Waals surface area contributed by atoms with Crippen molar-refractivity contribution in [2.45, 2.75) is 38.8 Å². The smallest absolute Gasteiger partial charge is 0.161 e. The third-order valence-electron chi connectivity index (χ3n) is 3.57. The van der Waals surface area contributed by atoms with Crippen LogP contribution in [0.1, 0.15) is 32.3 Å². The van der Waals surface area contributed by atoms with E-state index in [1.165, 1.54) is 0 Å². The molecule has 104 valence electrons. The zero-order valence-corrected chi connectivity index (χ0v) is 12.7. The molecule has 0 fully saturated rings. The van der Waals surface area contributed by atoms with Gasteiger partial charge in [0.25, 0.3) is 0 Å². The fraction of sp³-hybridized carbons (Fsp3) is 0.533. The van der Waals surface area contributed by atoms with Gasteiger partial charge in [-0.2, -0.15) is 0 Å². The van der Waals surface area contributed by atoms with E-state index in [0.29, 0.717) is 6.61 Å². The summed E-state index contributed by atoms with van der Waals surface area (Å²) < 4.78 is 5.23. The Morgan fingerprint density at radius 2 is 2.21 bits per heavy atom. The predicted molar refractivity (Wildman–Crippen MR) is 84.0 cm³/mol. The van der Waals surface area contributed by atoms with Crippen LogP contribution in [0.25, 0.3) is 0 Å². The number of aliphatic imine (C=N–C) groups is 1. The number of thioether (sulfide) groups is 1. The normalized spacial score (nSPS) is 23.0. The molecule has 1 aromatic rings. The van der Waals surface area contributed by atoms with Crippen molar-refractivity contribution in [2.75, 3.05) is 18.2 Å². The third-order valence-corrected chi connectivity index (χ3v) is 4.45. The summed E-state index contributed by atoms with van der Waals surface area (Å²) in [5, 5.41) is 4.48. The molecule has 0 aromatic heterocycles. The Morgan fingerprint density at radius 3 is 2.95 bits per heavy atom. The molecule has 1 atom stereocenters.